The molecule has 1 aliphatic rings. The van der Waals surface area contributed by atoms with Crippen LogP contribution in [0.2, 0.25) is 0 Å². The summed E-state index contributed by atoms with van der Waals surface area (Å²) in [5.74, 6) is -1.09. The second-order valence-corrected chi connectivity index (χ2v) is 5.62. The first-order valence-electron chi connectivity index (χ1n) is 7.61. The fourth-order valence-corrected chi connectivity index (χ4v) is 2.60. The molecule has 1 aromatic rings. The van der Waals surface area contributed by atoms with E-state index in [9.17, 15) is 14.0 Å². The summed E-state index contributed by atoms with van der Waals surface area (Å²) in [6.45, 7) is 1.10. The molecule has 1 aliphatic heterocycles. The zero-order chi connectivity index (χ0) is 16.8. The molecule has 0 aromatic heterocycles. The number of halogens is 2. The summed E-state index contributed by atoms with van der Waals surface area (Å²) in [6.07, 6.45) is 1.23. The highest BCUT2D eigenvalue weighted by Crippen LogP contribution is 2.16. The van der Waals surface area contributed by atoms with Crippen molar-refractivity contribution >= 4 is 24.2 Å². The van der Waals surface area contributed by atoms with Gasteiger partial charge in [-0.15, -0.1) is 12.4 Å². The highest BCUT2D eigenvalue weighted by atomic mass is 35.5. The van der Waals surface area contributed by atoms with Crippen LogP contribution in [0.1, 0.15) is 23.2 Å². The van der Waals surface area contributed by atoms with Gasteiger partial charge in [-0.1, -0.05) is 12.1 Å². The number of ether oxygens (including phenoxy) is 1. The Labute approximate surface area is 146 Å². The zero-order valence-electron chi connectivity index (χ0n) is 13.5. The number of nitrogens with two attached hydrogens (primary N) is 1. The van der Waals surface area contributed by atoms with E-state index < -0.39 is 11.9 Å². The van der Waals surface area contributed by atoms with Gasteiger partial charge in [-0.3, -0.25) is 9.59 Å². The van der Waals surface area contributed by atoms with Gasteiger partial charge in [0.25, 0.3) is 5.91 Å². The van der Waals surface area contributed by atoms with Gasteiger partial charge in [0, 0.05) is 26.2 Å². The van der Waals surface area contributed by atoms with Crippen LogP contribution in [0.5, 0.6) is 0 Å². The van der Waals surface area contributed by atoms with E-state index in [-0.39, 0.29) is 42.4 Å². The third-order valence-corrected chi connectivity index (χ3v) is 3.92. The lowest BCUT2D eigenvalue weighted by atomic mass is 10.0. The number of methoxy groups -OCH3 is 1. The first-order chi connectivity index (χ1) is 11.0. The number of amides is 2. The first kappa shape index (κ1) is 20.3. The smallest absolute Gasteiger partial charge is 0.256 e. The van der Waals surface area contributed by atoms with Crippen molar-refractivity contribution in [3.63, 3.8) is 0 Å². The molecule has 6 nitrogen and oxygen atoms in total. The normalized spacial score (nSPS) is 16.2. The van der Waals surface area contributed by atoms with Gasteiger partial charge >= 0.3 is 0 Å². The maximum atomic E-state index is 13.7. The van der Waals surface area contributed by atoms with E-state index in [4.69, 9.17) is 10.5 Å². The molecular weight excluding hydrogens is 337 g/mol. The van der Waals surface area contributed by atoms with Crippen LogP contribution in [0.4, 0.5) is 4.39 Å². The zero-order valence-corrected chi connectivity index (χ0v) is 14.4. The van der Waals surface area contributed by atoms with Gasteiger partial charge < -0.3 is 20.7 Å². The Morgan fingerprint density at radius 2 is 2.00 bits per heavy atom. The molecule has 1 heterocycles. The van der Waals surface area contributed by atoms with Crippen LogP contribution in [0.3, 0.4) is 0 Å². The predicted octanol–water partition coefficient (Wildman–Crippen LogP) is 0.942. The number of hydrogen-bond acceptors (Lipinski definition) is 4. The molecule has 8 heteroatoms. The number of likely N-dealkylation sites (tertiary alicyclic amines) is 1. The van der Waals surface area contributed by atoms with Crippen molar-refractivity contribution in [3.8, 4) is 0 Å². The van der Waals surface area contributed by atoms with Gasteiger partial charge in [-0.25, -0.2) is 4.39 Å². The summed E-state index contributed by atoms with van der Waals surface area (Å²) in [4.78, 5) is 25.7. The van der Waals surface area contributed by atoms with Crippen LogP contribution >= 0.6 is 12.4 Å². The molecule has 1 fully saturated rings. The fraction of sp³-hybridized carbons (Fsp3) is 0.500. The highest BCUT2D eigenvalue weighted by molar-refractivity contribution is 5.94. The van der Waals surface area contributed by atoms with Crippen LogP contribution in [0, 0.1) is 5.82 Å². The molecule has 1 unspecified atom stereocenters. The molecule has 134 valence electrons. The molecule has 24 heavy (non-hydrogen) atoms. The van der Waals surface area contributed by atoms with Crippen molar-refractivity contribution in [1.82, 2.24) is 10.2 Å². The number of benzene rings is 1. The van der Waals surface area contributed by atoms with Crippen molar-refractivity contribution in [2.75, 3.05) is 26.8 Å². The topological polar surface area (TPSA) is 84.7 Å². The Bertz CT molecular complexity index is 565. The third-order valence-electron chi connectivity index (χ3n) is 3.92. The standard InChI is InChI=1S/C16H22FN3O3.ClH/c1-23-10-14(18)15(21)19-11-6-8-20(9-7-11)16(22)12-4-2-3-5-13(12)17;/h2-5,11,14H,6-10,18H2,1H3,(H,19,21);1H. The van der Waals surface area contributed by atoms with E-state index in [2.05, 4.69) is 5.32 Å². The molecule has 3 N–H and O–H groups in total. The Balaban J connectivity index is 0.00000288. The number of nitrogens with one attached hydrogen (secondary N) is 1. The molecule has 2 rings (SSSR count). The number of carbonyl (C=O) groups excluding carboxylic acids is 2. The van der Waals surface area contributed by atoms with Gasteiger partial charge in [0.15, 0.2) is 0 Å². The summed E-state index contributed by atoms with van der Waals surface area (Å²) in [5, 5.41) is 2.86. The van der Waals surface area contributed by atoms with Crippen LogP contribution in [-0.2, 0) is 9.53 Å². The van der Waals surface area contributed by atoms with E-state index in [0.717, 1.165) is 0 Å². The van der Waals surface area contributed by atoms with Crippen LogP contribution < -0.4 is 11.1 Å². The highest BCUT2D eigenvalue weighted by Gasteiger charge is 2.26. The van der Waals surface area contributed by atoms with E-state index in [0.29, 0.717) is 25.9 Å². The van der Waals surface area contributed by atoms with Crippen molar-refractivity contribution in [1.29, 1.82) is 0 Å². The second kappa shape index (κ2) is 9.56. The lowest BCUT2D eigenvalue weighted by Gasteiger charge is -2.33. The van der Waals surface area contributed by atoms with Crippen LogP contribution in [0.25, 0.3) is 0 Å². The molecular formula is C16H23ClFN3O3. The molecule has 0 bridgehead atoms. The maximum Gasteiger partial charge on any atom is 0.256 e. The van der Waals surface area contributed by atoms with Crippen LogP contribution in [0.15, 0.2) is 24.3 Å². The number of carbonyl (C=O) groups is 2. The Morgan fingerprint density at radius 3 is 2.58 bits per heavy atom. The lowest BCUT2D eigenvalue weighted by molar-refractivity contribution is -0.124. The molecule has 0 spiro atoms. The number of hydrogen-bond donors (Lipinski definition) is 2. The second-order valence-electron chi connectivity index (χ2n) is 5.62. The van der Waals surface area contributed by atoms with Gasteiger partial charge in [0.05, 0.1) is 12.2 Å². The van der Waals surface area contributed by atoms with Gasteiger partial charge in [0.1, 0.15) is 11.9 Å². The van der Waals surface area contributed by atoms with E-state index in [1.807, 2.05) is 0 Å². The van der Waals surface area contributed by atoms with Crippen molar-refractivity contribution in [2.24, 2.45) is 5.73 Å². The Kier molecular flexibility index (Phi) is 8.10. The van der Waals surface area contributed by atoms with Gasteiger partial charge in [0.2, 0.25) is 5.91 Å². The van der Waals surface area contributed by atoms with E-state index in [1.165, 1.54) is 19.2 Å². The molecule has 1 aromatic carbocycles. The van der Waals surface area contributed by atoms with Crippen molar-refractivity contribution in [3.05, 3.63) is 35.6 Å². The minimum absolute atomic E-state index is 0. The largest absolute Gasteiger partial charge is 0.383 e. The minimum Gasteiger partial charge on any atom is -0.383 e. The first-order valence-corrected chi connectivity index (χ1v) is 7.61. The summed E-state index contributed by atoms with van der Waals surface area (Å²) in [5.41, 5.74) is 5.75. The van der Waals surface area contributed by atoms with Gasteiger partial charge in [-0.2, -0.15) is 0 Å². The SMILES string of the molecule is COCC(N)C(=O)NC1CCN(C(=O)c2ccccc2F)CC1.Cl. The Hall–Kier alpha value is -1.70. The molecule has 2 amide bonds. The third kappa shape index (κ3) is 5.15. The summed E-state index contributed by atoms with van der Waals surface area (Å²) in [7, 11) is 1.49. The molecule has 1 saturated heterocycles. The summed E-state index contributed by atoms with van der Waals surface area (Å²) in [6, 6.07) is 5.22. The van der Waals surface area contributed by atoms with Crippen molar-refractivity contribution < 1.29 is 18.7 Å². The number of nitrogens with zero attached hydrogens (tertiary/aromatic N) is 1. The lowest BCUT2D eigenvalue weighted by Crippen LogP contribution is -2.51. The van der Waals surface area contributed by atoms with E-state index >= 15 is 0 Å². The van der Waals surface area contributed by atoms with Crippen molar-refractivity contribution in [2.45, 2.75) is 24.9 Å². The molecule has 0 aliphatic carbocycles. The summed E-state index contributed by atoms with van der Waals surface area (Å²) < 4.78 is 18.5. The average molecular weight is 360 g/mol. The quantitative estimate of drug-likeness (QED) is 0.819. The average Bonchev–Trinajstić information content (AvgIpc) is 2.55. The molecule has 1 atom stereocenters. The molecule has 0 saturated carbocycles. The Morgan fingerprint density at radius 1 is 1.38 bits per heavy atom. The summed E-state index contributed by atoms with van der Waals surface area (Å²) >= 11 is 0. The maximum absolute atomic E-state index is 13.7. The monoisotopic (exact) mass is 359 g/mol. The number of piperidine rings is 1. The fourth-order valence-electron chi connectivity index (χ4n) is 2.60. The van der Waals surface area contributed by atoms with E-state index in [1.54, 1.807) is 17.0 Å². The number of rotatable bonds is 5. The van der Waals surface area contributed by atoms with Crippen LogP contribution in [-0.4, -0.2) is 55.6 Å². The molecule has 0 radical (unpaired) electrons. The minimum atomic E-state index is -0.696. The predicted molar refractivity (Wildman–Crippen MR) is 90.6 cm³/mol. The van der Waals surface area contributed by atoms with Gasteiger partial charge in [-0.05, 0) is 25.0 Å².